The summed E-state index contributed by atoms with van der Waals surface area (Å²) in [5, 5.41) is 0.713. The van der Waals surface area contributed by atoms with Crippen LogP contribution in [0.15, 0.2) is 47.4 Å². The van der Waals surface area contributed by atoms with E-state index in [-0.39, 0.29) is 5.56 Å². The molecule has 0 bridgehead atoms. The Balaban J connectivity index is 2.12. The van der Waals surface area contributed by atoms with Crippen LogP contribution in [-0.2, 0) is 6.54 Å². The molecule has 0 radical (unpaired) electrons. The number of rotatable bonds is 5. The first-order valence-electron chi connectivity index (χ1n) is 6.53. The number of benzene rings is 1. The Morgan fingerprint density at radius 3 is 2.45 bits per heavy atom. The van der Waals surface area contributed by atoms with E-state index < -0.39 is 0 Å². The lowest BCUT2D eigenvalue weighted by molar-refractivity contribution is 0.629. The Hall–Kier alpha value is -1.84. The lowest BCUT2D eigenvalue weighted by atomic mass is 10.1. The van der Waals surface area contributed by atoms with Crippen molar-refractivity contribution >= 4 is 23.8 Å². The van der Waals surface area contributed by atoms with E-state index in [1.165, 1.54) is 0 Å². The van der Waals surface area contributed by atoms with Gasteiger partial charge in [-0.2, -0.15) is 0 Å². The predicted octanol–water partition coefficient (Wildman–Crippen LogP) is 3.02. The smallest absolute Gasteiger partial charge is 0.251 e. The molecule has 1 heterocycles. The molecule has 0 aliphatic heterocycles. The van der Waals surface area contributed by atoms with Crippen LogP contribution in [0.1, 0.15) is 17.5 Å². The first-order valence-corrected chi connectivity index (χ1v) is 6.91. The third-order valence-electron chi connectivity index (χ3n) is 2.96. The molecule has 0 spiro atoms. The van der Waals surface area contributed by atoms with Crippen molar-refractivity contribution in [1.82, 2.24) is 4.57 Å². The number of nitrogens with two attached hydrogens (primary N) is 1. The molecular weight excluding hydrogens is 272 g/mol. The fourth-order valence-corrected chi connectivity index (χ4v) is 1.97. The monoisotopic (exact) mass is 288 g/mol. The highest BCUT2D eigenvalue weighted by molar-refractivity contribution is 6.30. The molecule has 0 aliphatic rings. The lowest BCUT2D eigenvalue weighted by Gasteiger charge is -2.04. The lowest BCUT2D eigenvalue weighted by Crippen LogP contribution is -2.20. The molecule has 3 nitrogen and oxygen atoms in total. The van der Waals surface area contributed by atoms with Crippen LogP contribution in [-0.4, -0.2) is 11.1 Å². The summed E-state index contributed by atoms with van der Waals surface area (Å²) in [5.74, 6) is 0. The predicted molar refractivity (Wildman–Crippen MR) is 84.8 cm³/mol. The highest BCUT2D eigenvalue weighted by Gasteiger charge is 1.96. The second-order valence-electron chi connectivity index (χ2n) is 4.52. The first-order chi connectivity index (χ1) is 9.69. The number of pyridine rings is 1. The van der Waals surface area contributed by atoms with Crippen molar-refractivity contribution in [3.8, 4) is 0 Å². The molecule has 0 saturated heterocycles. The third-order valence-corrected chi connectivity index (χ3v) is 3.21. The molecule has 0 aliphatic carbocycles. The van der Waals surface area contributed by atoms with E-state index in [1.54, 1.807) is 16.8 Å². The van der Waals surface area contributed by atoms with Gasteiger partial charge in [0, 0.05) is 23.8 Å². The van der Waals surface area contributed by atoms with Gasteiger partial charge in [0.25, 0.3) is 5.56 Å². The molecule has 20 heavy (non-hydrogen) atoms. The number of hydrogen-bond donors (Lipinski definition) is 1. The summed E-state index contributed by atoms with van der Waals surface area (Å²) in [6.07, 6.45) is 6.48. The van der Waals surface area contributed by atoms with E-state index in [0.717, 1.165) is 17.5 Å². The Bertz CT molecular complexity index is 644. The van der Waals surface area contributed by atoms with Crippen molar-refractivity contribution in [2.24, 2.45) is 5.73 Å². The molecule has 1 aromatic carbocycles. The Kier molecular flexibility index (Phi) is 5.16. The average Bonchev–Trinajstić information content (AvgIpc) is 2.46. The van der Waals surface area contributed by atoms with Crippen LogP contribution in [0, 0.1) is 0 Å². The molecule has 2 rings (SSSR count). The van der Waals surface area contributed by atoms with Gasteiger partial charge in [-0.1, -0.05) is 35.9 Å². The van der Waals surface area contributed by atoms with Gasteiger partial charge in [-0.25, -0.2) is 0 Å². The minimum atomic E-state index is -0.00305. The van der Waals surface area contributed by atoms with Crippen LogP contribution in [0.4, 0.5) is 0 Å². The zero-order valence-corrected chi connectivity index (χ0v) is 11.9. The molecule has 104 valence electrons. The van der Waals surface area contributed by atoms with Crippen molar-refractivity contribution in [3.05, 3.63) is 69.1 Å². The molecule has 4 heteroatoms. The van der Waals surface area contributed by atoms with Gasteiger partial charge in [0.15, 0.2) is 0 Å². The molecule has 0 amide bonds. The summed E-state index contributed by atoms with van der Waals surface area (Å²) >= 11 is 5.83. The molecule has 0 unspecified atom stereocenters. The van der Waals surface area contributed by atoms with E-state index in [0.29, 0.717) is 18.1 Å². The van der Waals surface area contributed by atoms with Crippen LogP contribution < -0.4 is 11.3 Å². The van der Waals surface area contributed by atoms with Crippen molar-refractivity contribution in [2.75, 3.05) is 6.54 Å². The number of nitrogens with zero attached hydrogens (tertiary/aromatic N) is 1. The maximum absolute atomic E-state index is 11.9. The largest absolute Gasteiger partial charge is 0.330 e. The van der Waals surface area contributed by atoms with E-state index in [4.69, 9.17) is 17.3 Å². The normalized spacial score (nSPS) is 11.1. The molecular formula is C16H17ClN2O. The van der Waals surface area contributed by atoms with Gasteiger partial charge >= 0.3 is 0 Å². The van der Waals surface area contributed by atoms with Crippen LogP contribution in [0.2, 0.25) is 5.02 Å². The zero-order valence-electron chi connectivity index (χ0n) is 11.1. The van der Waals surface area contributed by atoms with E-state index in [9.17, 15) is 4.79 Å². The summed E-state index contributed by atoms with van der Waals surface area (Å²) < 4.78 is 1.67. The third kappa shape index (κ3) is 4.08. The fraction of sp³-hybridized carbons (Fsp3) is 0.188. The number of hydrogen-bond acceptors (Lipinski definition) is 2. The van der Waals surface area contributed by atoms with Gasteiger partial charge in [-0.3, -0.25) is 4.79 Å². The SMILES string of the molecule is NCCCn1ccc(/C=C/c2ccc(Cl)cc2)cc1=O. The van der Waals surface area contributed by atoms with Gasteiger partial charge in [0.05, 0.1) is 0 Å². The van der Waals surface area contributed by atoms with Crippen LogP contribution >= 0.6 is 11.6 Å². The van der Waals surface area contributed by atoms with Crippen molar-refractivity contribution < 1.29 is 0 Å². The topological polar surface area (TPSA) is 48.0 Å². The van der Waals surface area contributed by atoms with Crippen molar-refractivity contribution in [1.29, 1.82) is 0 Å². The van der Waals surface area contributed by atoms with Gasteiger partial charge in [0.2, 0.25) is 0 Å². The maximum Gasteiger partial charge on any atom is 0.251 e. The van der Waals surface area contributed by atoms with E-state index >= 15 is 0 Å². The number of halogens is 1. The summed E-state index contributed by atoms with van der Waals surface area (Å²) in [5.41, 5.74) is 7.37. The zero-order chi connectivity index (χ0) is 14.4. The van der Waals surface area contributed by atoms with Gasteiger partial charge in [0.1, 0.15) is 0 Å². The molecule has 2 N–H and O–H groups in total. The van der Waals surface area contributed by atoms with Gasteiger partial charge in [-0.05, 0) is 42.3 Å². The van der Waals surface area contributed by atoms with Crippen LogP contribution in [0.3, 0.4) is 0 Å². The first kappa shape index (κ1) is 14.6. The molecule has 2 aromatic rings. The minimum Gasteiger partial charge on any atom is -0.330 e. The maximum atomic E-state index is 11.9. The fourth-order valence-electron chi connectivity index (χ4n) is 1.84. The number of aryl methyl sites for hydroxylation is 1. The standard InChI is InChI=1S/C16H17ClN2O/c17-15-6-4-13(5-7-15)2-3-14-8-11-19(10-1-9-18)16(20)12-14/h2-8,11-12H,1,9-10,18H2/b3-2+. The minimum absolute atomic E-state index is 0.00305. The average molecular weight is 289 g/mol. The highest BCUT2D eigenvalue weighted by atomic mass is 35.5. The van der Waals surface area contributed by atoms with Crippen LogP contribution in [0.25, 0.3) is 12.2 Å². The van der Waals surface area contributed by atoms with Crippen molar-refractivity contribution in [3.63, 3.8) is 0 Å². The Morgan fingerprint density at radius 2 is 1.80 bits per heavy atom. The summed E-state index contributed by atoms with van der Waals surface area (Å²) in [6, 6.07) is 11.1. The van der Waals surface area contributed by atoms with Gasteiger partial charge in [-0.15, -0.1) is 0 Å². The summed E-state index contributed by atoms with van der Waals surface area (Å²) in [6.45, 7) is 1.25. The number of aromatic nitrogens is 1. The molecule has 0 saturated carbocycles. The van der Waals surface area contributed by atoms with E-state index in [1.807, 2.05) is 42.5 Å². The second-order valence-corrected chi connectivity index (χ2v) is 4.96. The molecule has 0 atom stereocenters. The van der Waals surface area contributed by atoms with Gasteiger partial charge < -0.3 is 10.3 Å². The quantitative estimate of drug-likeness (QED) is 0.919. The molecule has 0 fully saturated rings. The Morgan fingerprint density at radius 1 is 1.10 bits per heavy atom. The molecule has 1 aromatic heterocycles. The second kappa shape index (κ2) is 7.08. The Labute approximate surface area is 123 Å². The van der Waals surface area contributed by atoms with E-state index in [2.05, 4.69) is 0 Å². The van der Waals surface area contributed by atoms with Crippen LogP contribution in [0.5, 0.6) is 0 Å². The highest BCUT2D eigenvalue weighted by Crippen LogP contribution is 2.12. The van der Waals surface area contributed by atoms with Crippen molar-refractivity contribution in [2.45, 2.75) is 13.0 Å². The summed E-state index contributed by atoms with van der Waals surface area (Å²) in [7, 11) is 0. The summed E-state index contributed by atoms with van der Waals surface area (Å²) in [4.78, 5) is 11.9.